The summed E-state index contributed by atoms with van der Waals surface area (Å²) >= 11 is 2.21. The van der Waals surface area contributed by atoms with Gasteiger partial charge in [-0.25, -0.2) is 0 Å². The van der Waals surface area contributed by atoms with Crippen molar-refractivity contribution in [3.63, 3.8) is 0 Å². The fraction of sp³-hybridized carbons (Fsp3) is 1.00. The van der Waals surface area contributed by atoms with E-state index in [-0.39, 0.29) is 0 Å². The Balaban J connectivity index is 2.18. The molecule has 2 fully saturated rings. The molecule has 1 saturated heterocycles. The van der Waals surface area contributed by atoms with Crippen LogP contribution in [0.4, 0.5) is 0 Å². The first-order valence-corrected chi connectivity index (χ1v) is 6.54. The van der Waals surface area contributed by atoms with E-state index in [4.69, 9.17) is 0 Å². The molecule has 0 radical (unpaired) electrons. The fourth-order valence-corrected chi connectivity index (χ4v) is 4.96. The highest BCUT2D eigenvalue weighted by Crippen LogP contribution is 2.51. The van der Waals surface area contributed by atoms with Gasteiger partial charge in [-0.3, -0.25) is 0 Å². The minimum Gasteiger partial charge on any atom is -0.324 e. The summed E-state index contributed by atoms with van der Waals surface area (Å²) in [5.74, 6) is 1.40. The van der Waals surface area contributed by atoms with Crippen LogP contribution >= 0.6 is 11.8 Å². The van der Waals surface area contributed by atoms with Gasteiger partial charge in [-0.15, -0.1) is 11.8 Å². The number of nitrogens with zero attached hydrogens (tertiary/aromatic N) is 1. The lowest BCUT2D eigenvalue weighted by Gasteiger charge is -2.56. The van der Waals surface area contributed by atoms with Gasteiger partial charge in [-0.1, -0.05) is 12.8 Å². The maximum Gasteiger partial charge on any atom is 0.120 e. The van der Waals surface area contributed by atoms with Crippen molar-refractivity contribution in [3.8, 4) is 0 Å². The quantitative estimate of drug-likeness (QED) is 0.586. The molecule has 0 aromatic heterocycles. The molecule has 2 atom stereocenters. The van der Waals surface area contributed by atoms with E-state index in [1.54, 1.807) is 0 Å². The summed E-state index contributed by atoms with van der Waals surface area (Å²) in [6, 6.07) is 0. The second-order valence-electron chi connectivity index (χ2n) is 5.52. The van der Waals surface area contributed by atoms with Crippen molar-refractivity contribution in [1.82, 2.24) is 0 Å². The van der Waals surface area contributed by atoms with Gasteiger partial charge >= 0.3 is 0 Å². The highest BCUT2D eigenvalue weighted by Gasteiger charge is 2.56. The van der Waals surface area contributed by atoms with Crippen molar-refractivity contribution in [1.29, 1.82) is 0 Å². The number of quaternary nitrogens is 1. The fourth-order valence-electron chi connectivity index (χ4n) is 2.88. The van der Waals surface area contributed by atoms with Crippen LogP contribution in [0, 0.1) is 0 Å². The average Bonchev–Trinajstić information content (AvgIpc) is 2.09. The highest BCUT2D eigenvalue weighted by molar-refractivity contribution is 8.01. The van der Waals surface area contributed by atoms with Crippen LogP contribution in [0.5, 0.6) is 0 Å². The van der Waals surface area contributed by atoms with Gasteiger partial charge in [0.05, 0.1) is 32.1 Å². The van der Waals surface area contributed by atoms with Gasteiger partial charge in [-0.05, 0) is 12.8 Å². The first-order valence-electron chi connectivity index (χ1n) is 5.49. The number of fused-ring (bicyclic) bond motifs is 1. The molecule has 2 heteroatoms. The van der Waals surface area contributed by atoms with Crippen LogP contribution in [-0.2, 0) is 0 Å². The first-order chi connectivity index (χ1) is 6.06. The molecule has 0 unspecified atom stereocenters. The molecule has 0 aromatic carbocycles. The molecule has 0 aromatic rings. The average molecular weight is 200 g/mol. The lowest BCUT2D eigenvalue weighted by Crippen LogP contribution is -2.69. The summed E-state index contributed by atoms with van der Waals surface area (Å²) in [6.07, 6.45) is 7.35. The number of thioether (sulfide) groups is 1. The normalized spacial score (nSPS) is 40.4. The molecular formula is C11H22NS+. The van der Waals surface area contributed by atoms with E-state index < -0.39 is 0 Å². The minimum absolute atomic E-state index is 0.640. The Morgan fingerprint density at radius 1 is 1.15 bits per heavy atom. The topological polar surface area (TPSA) is 0 Å². The third-order valence-corrected chi connectivity index (χ3v) is 5.79. The first kappa shape index (κ1) is 9.85. The third kappa shape index (κ3) is 1.42. The highest BCUT2D eigenvalue weighted by atomic mass is 32.2. The van der Waals surface area contributed by atoms with E-state index in [0.29, 0.717) is 5.54 Å². The monoisotopic (exact) mass is 200 g/mol. The van der Waals surface area contributed by atoms with Gasteiger partial charge in [0.15, 0.2) is 0 Å². The zero-order valence-corrected chi connectivity index (χ0v) is 9.99. The zero-order valence-electron chi connectivity index (χ0n) is 9.18. The van der Waals surface area contributed by atoms with Crippen molar-refractivity contribution >= 4 is 11.8 Å². The van der Waals surface area contributed by atoms with Crippen LogP contribution in [0.25, 0.3) is 0 Å². The van der Waals surface area contributed by atoms with Gasteiger partial charge in [-0.2, -0.15) is 0 Å². The molecule has 0 N–H and O–H groups in total. The SMILES string of the molecule is C[N+](C)(C)[C@]12CCCCC[C@H]1SC2. The maximum absolute atomic E-state index is 2.39. The Labute approximate surface area is 86.5 Å². The molecule has 13 heavy (non-hydrogen) atoms. The third-order valence-electron chi connectivity index (χ3n) is 4.05. The van der Waals surface area contributed by atoms with Crippen LogP contribution in [0.1, 0.15) is 32.1 Å². The smallest absolute Gasteiger partial charge is 0.120 e. The van der Waals surface area contributed by atoms with Gasteiger partial charge in [0.1, 0.15) is 5.54 Å². The summed E-state index contributed by atoms with van der Waals surface area (Å²) in [5, 5.41) is 0.968. The molecular weight excluding hydrogens is 178 g/mol. The van der Waals surface area contributed by atoms with Crippen LogP contribution in [0.15, 0.2) is 0 Å². The Bertz CT molecular complexity index is 197. The van der Waals surface area contributed by atoms with Crippen molar-refractivity contribution in [2.45, 2.75) is 42.9 Å². The van der Waals surface area contributed by atoms with Crippen LogP contribution in [0.3, 0.4) is 0 Å². The van der Waals surface area contributed by atoms with Crippen LogP contribution in [0.2, 0.25) is 0 Å². The Hall–Kier alpha value is 0.310. The van der Waals surface area contributed by atoms with E-state index in [2.05, 4.69) is 32.9 Å². The molecule has 2 rings (SSSR count). The maximum atomic E-state index is 2.39. The molecule has 1 aliphatic carbocycles. The van der Waals surface area contributed by atoms with Gasteiger partial charge in [0, 0.05) is 6.42 Å². The lowest BCUT2D eigenvalue weighted by atomic mass is 9.87. The van der Waals surface area contributed by atoms with Gasteiger partial charge in [0.2, 0.25) is 0 Å². The van der Waals surface area contributed by atoms with E-state index in [0.717, 1.165) is 5.25 Å². The number of hydrogen-bond acceptors (Lipinski definition) is 1. The number of rotatable bonds is 1. The van der Waals surface area contributed by atoms with Gasteiger partial charge in [0.25, 0.3) is 0 Å². The largest absolute Gasteiger partial charge is 0.324 e. The molecule has 76 valence electrons. The van der Waals surface area contributed by atoms with E-state index in [1.165, 1.54) is 42.3 Å². The molecule has 0 spiro atoms. The Kier molecular flexibility index (Phi) is 2.40. The summed E-state index contributed by atoms with van der Waals surface area (Å²) in [5.41, 5.74) is 0.640. The second-order valence-corrected chi connectivity index (χ2v) is 6.71. The predicted molar refractivity (Wildman–Crippen MR) is 60.1 cm³/mol. The summed E-state index contributed by atoms with van der Waals surface area (Å²) in [4.78, 5) is 0. The van der Waals surface area contributed by atoms with Gasteiger partial charge < -0.3 is 4.48 Å². The minimum atomic E-state index is 0.640. The zero-order chi connectivity index (χ0) is 9.53. The van der Waals surface area contributed by atoms with E-state index in [9.17, 15) is 0 Å². The molecule has 1 aliphatic heterocycles. The molecule has 1 saturated carbocycles. The van der Waals surface area contributed by atoms with Crippen molar-refractivity contribution < 1.29 is 4.48 Å². The van der Waals surface area contributed by atoms with E-state index >= 15 is 0 Å². The summed E-state index contributed by atoms with van der Waals surface area (Å²) in [7, 11) is 7.16. The lowest BCUT2D eigenvalue weighted by molar-refractivity contribution is -0.922. The molecule has 0 bridgehead atoms. The Morgan fingerprint density at radius 3 is 2.46 bits per heavy atom. The van der Waals surface area contributed by atoms with Crippen LogP contribution in [-0.4, -0.2) is 42.2 Å². The van der Waals surface area contributed by atoms with Crippen molar-refractivity contribution in [2.75, 3.05) is 26.9 Å². The Morgan fingerprint density at radius 2 is 1.92 bits per heavy atom. The van der Waals surface area contributed by atoms with E-state index in [1.807, 2.05) is 0 Å². The molecule has 1 nitrogen and oxygen atoms in total. The molecule has 0 amide bonds. The molecule has 1 heterocycles. The standard InChI is InChI=1S/C11H22NS/c1-12(2,3)11-8-6-4-5-7-10(11)13-9-11/h10H,4-9H2,1-3H3/q+1/t10-,11+/m1/s1. The summed E-state index contributed by atoms with van der Waals surface area (Å²) in [6.45, 7) is 0. The van der Waals surface area contributed by atoms with Crippen LogP contribution < -0.4 is 0 Å². The van der Waals surface area contributed by atoms with Crippen molar-refractivity contribution in [2.24, 2.45) is 0 Å². The molecule has 2 aliphatic rings. The predicted octanol–water partition coefficient (Wildman–Crippen LogP) is 2.51. The summed E-state index contributed by atoms with van der Waals surface area (Å²) < 4.78 is 1.19. The second kappa shape index (κ2) is 3.16. The number of hydrogen-bond donors (Lipinski definition) is 0. The van der Waals surface area contributed by atoms with Crippen molar-refractivity contribution in [3.05, 3.63) is 0 Å².